The molecule has 0 spiro atoms. The van der Waals surface area contributed by atoms with Crippen molar-refractivity contribution in [3.8, 4) is 0 Å². The number of nitrogens with one attached hydrogen (secondary N) is 1. The molecule has 1 heterocycles. The molecule has 0 bridgehead atoms. The summed E-state index contributed by atoms with van der Waals surface area (Å²) in [4.78, 5) is 0. The van der Waals surface area contributed by atoms with E-state index in [1.807, 2.05) is 0 Å². The summed E-state index contributed by atoms with van der Waals surface area (Å²) in [5, 5.41) is 0. The second-order valence-corrected chi connectivity index (χ2v) is 6.31. The first-order chi connectivity index (χ1) is 5.86. The van der Waals surface area contributed by atoms with Crippen LogP contribution in [-0.4, -0.2) is 17.6 Å². The number of hydrazine groups is 1. The fraction of sp³-hybridized carbons (Fsp3) is 0.500. The molecule has 0 saturated carbocycles. The Bertz CT molecular complexity index is 336. The van der Waals surface area contributed by atoms with Gasteiger partial charge < -0.3 is 0 Å². The lowest BCUT2D eigenvalue weighted by Gasteiger charge is -2.29. The SMILES string of the molecule is CC(C)(C)S(=O)(=O)N1C=CC=CN1. The lowest BCUT2D eigenvalue weighted by atomic mass is 10.3. The van der Waals surface area contributed by atoms with Gasteiger partial charge in [0.05, 0.1) is 4.75 Å². The average molecular weight is 202 g/mol. The van der Waals surface area contributed by atoms with Crippen LogP contribution in [0.1, 0.15) is 20.8 Å². The van der Waals surface area contributed by atoms with Crippen LogP contribution < -0.4 is 5.43 Å². The first kappa shape index (κ1) is 10.1. The van der Waals surface area contributed by atoms with E-state index in [0.717, 1.165) is 4.41 Å². The predicted molar refractivity (Wildman–Crippen MR) is 51.9 cm³/mol. The van der Waals surface area contributed by atoms with Gasteiger partial charge in [-0.2, -0.15) is 4.41 Å². The van der Waals surface area contributed by atoms with Gasteiger partial charge in [-0.3, -0.25) is 5.43 Å². The number of rotatable bonds is 1. The minimum Gasteiger partial charge on any atom is -0.292 e. The number of nitrogens with zero attached hydrogens (tertiary/aromatic N) is 1. The third kappa shape index (κ3) is 1.85. The van der Waals surface area contributed by atoms with E-state index < -0.39 is 14.8 Å². The molecule has 1 aliphatic rings. The lowest BCUT2D eigenvalue weighted by Crippen LogP contribution is -2.45. The van der Waals surface area contributed by atoms with Gasteiger partial charge in [0.25, 0.3) is 10.0 Å². The maximum Gasteiger partial charge on any atom is 0.256 e. The summed E-state index contributed by atoms with van der Waals surface area (Å²) in [6.07, 6.45) is 6.46. The molecule has 0 aliphatic carbocycles. The van der Waals surface area contributed by atoms with Crippen LogP contribution in [0, 0.1) is 0 Å². The fourth-order valence-corrected chi connectivity index (χ4v) is 1.81. The van der Waals surface area contributed by atoms with E-state index in [1.54, 1.807) is 39.1 Å². The molecule has 4 nitrogen and oxygen atoms in total. The van der Waals surface area contributed by atoms with E-state index >= 15 is 0 Å². The van der Waals surface area contributed by atoms with Crippen molar-refractivity contribution in [2.75, 3.05) is 0 Å². The highest BCUT2D eigenvalue weighted by atomic mass is 32.2. The van der Waals surface area contributed by atoms with Crippen molar-refractivity contribution in [1.29, 1.82) is 0 Å². The Labute approximate surface area is 78.9 Å². The van der Waals surface area contributed by atoms with Crippen LogP contribution in [0.15, 0.2) is 24.6 Å². The van der Waals surface area contributed by atoms with E-state index in [9.17, 15) is 8.42 Å². The quantitative estimate of drug-likeness (QED) is 0.689. The van der Waals surface area contributed by atoms with Gasteiger partial charge in [0.2, 0.25) is 0 Å². The Morgan fingerprint density at radius 2 is 1.85 bits per heavy atom. The van der Waals surface area contributed by atoms with Crippen LogP contribution >= 0.6 is 0 Å². The van der Waals surface area contributed by atoms with Gasteiger partial charge in [-0.05, 0) is 32.9 Å². The zero-order valence-electron chi connectivity index (χ0n) is 7.98. The van der Waals surface area contributed by atoms with Crippen molar-refractivity contribution >= 4 is 10.0 Å². The molecule has 0 atom stereocenters. The highest BCUT2D eigenvalue weighted by Gasteiger charge is 2.33. The van der Waals surface area contributed by atoms with Gasteiger partial charge in [0.15, 0.2) is 0 Å². The normalized spacial score (nSPS) is 17.3. The molecule has 0 aromatic carbocycles. The van der Waals surface area contributed by atoms with E-state index in [0.29, 0.717) is 0 Å². The third-order valence-corrected chi connectivity index (χ3v) is 3.96. The summed E-state index contributed by atoms with van der Waals surface area (Å²) in [5.41, 5.74) is 2.64. The summed E-state index contributed by atoms with van der Waals surface area (Å²) >= 11 is 0. The highest BCUT2D eigenvalue weighted by Crippen LogP contribution is 2.19. The van der Waals surface area contributed by atoms with Gasteiger partial charge in [-0.25, -0.2) is 8.42 Å². The second-order valence-electron chi connectivity index (χ2n) is 3.74. The molecule has 0 fully saturated rings. The van der Waals surface area contributed by atoms with Crippen LogP contribution in [0.5, 0.6) is 0 Å². The highest BCUT2D eigenvalue weighted by molar-refractivity contribution is 7.90. The first-order valence-corrected chi connectivity index (χ1v) is 5.43. The molecule has 1 N–H and O–H groups in total. The van der Waals surface area contributed by atoms with Crippen molar-refractivity contribution in [3.63, 3.8) is 0 Å². The van der Waals surface area contributed by atoms with Crippen LogP contribution in [0.3, 0.4) is 0 Å². The Morgan fingerprint density at radius 3 is 2.23 bits per heavy atom. The zero-order valence-corrected chi connectivity index (χ0v) is 8.80. The summed E-state index contributed by atoms with van der Waals surface area (Å²) < 4.78 is 23.9. The number of sulfonamides is 1. The van der Waals surface area contributed by atoms with Crippen molar-refractivity contribution in [1.82, 2.24) is 9.84 Å². The molecule has 5 heteroatoms. The molecule has 0 aromatic heterocycles. The van der Waals surface area contributed by atoms with Crippen molar-refractivity contribution < 1.29 is 8.42 Å². The molecule has 0 radical (unpaired) electrons. The predicted octanol–water partition coefficient (Wildman–Crippen LogP) is 0.962. The summed E-state index contributed by atoms with van der Waals surface area (Å²) in [6, 6.07) is 0. The lowest BCUT2D eigenvalue weighted by molar-refractivity contribution is 0.429. The first-order valence-electron chi connectivity index (χ1n) is 3.99. The molecule has 0 amide bonds. The molecule has 1 aliphatic heterocycles. The number of hydrogen-bond acceptors (Lipinski definition) is 3. The largest absolute Gasteiger partial charge is 0.292 e. The Morgan fingerprint density at radius 1 is 1.23 bits per heavy atom. The summed E-state index contributed by atoms with van der Waals surface area (Å²) in [7, 11) is -3.32. The maximum absolute atomic E-state index is 11.8. The molecular formula is C8H14N2O2S. The van der Waals surface area contributed by atoms with Crippen molar-refractivity contribution in [3.05, 3.63) is 24.6 Å². The molecule has 1 rings (SSSR count). The van der Waals surface area contributed by atoms with Crippen LogP contribution in [0.25, 0.3) is 0 Å². The van der Waals surface area contributed by atoms with E-state index in [-0.39, 0.29) is 0 Å². The third-order valence-electron chi connectivity index (χ3n) is 1.66. The Kier molecular flexibility index (Phi) is 2.38. The summed E-state index contributed by atoms with van der Waals surface area (Å²) in [6.45, 7) is 4.99. The van der Waals surface area contributed by atoms with Crippen LogP contribution in [-0.2, 0) is 10.0 Å². The molecule has 74 valence electrons. The van der Waals surface area contributed by atoms with Gasteiger partial charge in [-0.1, -0.05) is 0 Å². The van der Waals surface area contributed by atoms with E-state index in [2.05, 4.69) is 5.43 Å². The summed E-state index contributed by atoms with van der Waals surface area (Å²) in [5.74, 6) is 0. The topological polar surface area (TPSA) is 49.4 Å². The van der Waals surface area contributed by atoms with Gasteiger partial charge >= 0.3 is 0 Å². The maximum atomic E-state index is 11.8. The van der Waals surface area contributed by atoms with Gasteiger partial charge in [0.1, 0.15) is 0 Å². The standard InChI is InChI=1S/C8H14N2O2S/c1-8(2,3)13(11,12)10-7-5-4-6-9-10/h4-7,9H,1-3H3. The van der Waals surface area contributed by atoms with Crippen molar-refractivity contribution in [2.45, 2.75) is 25.5 Å². The number of hydrogen-bond donors (Lipinski definition) is 1. The molecule has 13 heavy (non-hydrogen) atoms. The molecule has 0 unspecified atom stereocenters. The van der Waals surface area contributed by atoms with Crippen LogP contribution in [0.4, 0.5) is 0 Å². The Balaban J connectivity index is 2.96. The zero-order chi connectivity index (χ0) is 10.1. The molecule has 0 aromatic rings. The second kappa shape index (κ2) is 3.06. The van der Waals surface area contributed by atoms with Gasteiger partial charge in [-0.15, -0.1) is 0 Å². The van der Waals surface area contributed by atoms with E-state index in [4.69, 9.17) is 0 Å². The fourth-order valence-electron chi connectivity index (χ4n) is 0.787. The minimum atomic E-state index is -3.32. The van der Waals surface area contributed by atoms with Crippen LogP contribution in [0.2, 0.25) is 0 Å². The smallest absolute Gasteiger partial charge is 0.256 e. The number of allylic oxidation sites excluding steroid dienone is 2. The molecule has 0 saturated heterocycles. The Hall–Kier alpha value is -0.970. The monoisotopic (exact) mass is 202 g/mol. The van der Waals surface area contributed by atoms with Crippen molar-refractivity contribution in [2.24, 2.45) is 0 Å². The average Bonchev–Trinajstić information content (AvgIpc) is 2.04. The van der Waals surface area contributed by atoms with E-state index in [1.165, 1.54) is 6.20 Å². The molecular weight excluding hydrogens is 188 g/mol. The minimum absolute atomic E-state index is 0.796. The van der Waals surface area contributed by atoms with Gasteiger partial charge in [0, 0.05) is 12.4 Å².